The number of unbranched alkanes of at least 4 members (excludes halogenated alkanes) is 1. The Kier molecular flexibility index (Phi) is 11.4. The zero-order chi connectivity index (χ0) is 32.8. The number of carbonyl (C=O) groups excluding carboxylic acids is 2. The molecule has 0 saturated carbocycles. The Hall–Kier alpha value is -3.66. The molecule has 0 aliphatic heterocycles. The number of aryl methyl sites for hydroxylation is 1. The molecule has 10 heteroatoms. The first kappa shape index (κ1) is 34.8. The second-order valence-corrected chi connectivity index (χ2v) is 14.8. The summed E-state index contributed by atoms with van der Waals surface area (Å²) < 4.78 is 35.4. The Bertz CT molecular complexity index is 1540. The number of carbonyl (C=O) groups is 2. The highest BCUT2D eigenvalue weighted by Crippen LogP contribution is 2.35. The highest BCUT2D eigenvalue weighted by Gasteiger charge is 2.33. The molecule has 0 fully saturated rings. The fourth-order valence-electron chi connectivity index (χ4n) is 5.11. The van der Waals surface area contributed by atoms with Crippen LogP contribution in [0.3, 0.4) is 0 Å². The Balaban J connectivity index is 2.01. The van der Waals surface area contributed by atoms with Gasteiger partial charge in [0.1, 0.15) is 11.8 Å². The van der Waals surface area contributed by atoms with Gasteiger partial charge in [0.2, 0.25) is 11.8 Å². The number of primary amides is 1. The third kappa shape index (κ3) is 8.28. The van der Waals surface area contributed by atoms with E-state index in [1.165, 1.54) is 4.31 Å². The highest BCUT2D eigenvalue weighted by atomic mass is 32.2. The minimum absolute atomic E-state index is 0.106. The first-order valence-corrected chi connectivity index (χ1v) is 16.7. The maximum Gasteiger partial charge on any atom is 0.266 e. The van der Waals surface area contributed by atoms with Crippen molar-refractivity contribution in [1.82, 2.24) is 10.1 Å². The summed E-state index contributed by atoms with van der Waals surface area (Å²) in [6.07, 6.45) is 2.55. The number of nitrogens with two attached hydrogens (primary N) is 1. The number of rotatable bonds is 14. The number of hydrogen-bond donors (Lipinski definition) is 1. The Morgan fingerprint density at radius 3 is 2.18 bits per heavy atom. The molecule has 3 rings (SSSR count). The maximum absolute atomic E-state index is 14.3. The molecule has 2 aromatic carbocycles. The first-order valence-electron chi connectivity index (χ1n) is 15.3. The fourth-order valence-corrected chi connectivity index (χ4v) is 6.79. The summed E-state index contributed by atoms with van der Waals surface area (Å²) in [7, 11) is -4.04. The number of aromatic nitrogens is 1. The SMILES string of the molecule is CCCCC(=O)N(Cc1ccc(-c2ccccc2S(=O)(=O)N(CCC(C)(C)C)c2noc(C)c2C)cc1)[C@H](C(N)=O)C(C)C. The monoisotopic (exact) mass is 624 g/mol. The average molecular weight is 625 g/mol. The number of anilines is 1. The molecule has 1 heterocycles. The van der Waals surface area contributed by atoms with Crippen LogP contribution in [-0.4, -0.2) is 42.9 Å². The first-order chi connectivity index (χ1) is 20.6. The number of hydrogen-bond acceptors (Lipinski definition) is 6. The van der Waals surface area contributed by atoms with E-state index in [1.54, 1.807) is 30.0 Å². The summed E-state index contributed by atoms with van der Waals surface area (Å²) >= 11 is 0. The van der Waals surface area contributed by atoms with Gasteiger partial charge in [-0.25, -0.2) is 12.7 Å². The van der Waals surface area contributed by atoms with Crippen molar-refractivity contribution in [2.45, 2.75) is 98.6 Å². The lowest BCUT2D eigenvalue weighted by Gasteiger charge is -2.32. The lowest BCUT2D eigenvalue weighted by Crippen LogP contribution is -2.50. The molecule has 0 radical (unpaired) electrons. The Morgan fingerprint density at radius 1 is 1.02 bits per heavy atom. The van der Waals surface area contributed by atoms with Crippen molar-refractivity contribution >= 4 is 27.7 Å². The predicted octanol–water partition coefficient (Wildman–Crippen LogP) is 6.62. The van der Waals surface area contributed by atoms with Gasteiger partial charge in [-0.3, -0.25) is 9.59 Å². The molecule has 0 unspecified atom stereocenters. The van der Waals surface area contributed by atoms with Gasteiger partial charge < -0.3 is 15.2 Å². The van der Waals surface area contributed by atoms with Crippen LogP contribution in [0.5, 0.6) is 0 Å². The summed E-state index contributed by atoms with van der Waals surface area (Å²) in [5, 5.41) is 4.13. The number of sulfonamides is 1. The molecule has 0 spiro atoms. The van der Waals surface area contributed by atoms with Crippen LogP contribution in [0.1, 0.15) is 84.1 Å². The van der Waals surface area contributed by atoms with E-state index in [9.17, 15) is 18.0 Å². The largest absolute Gasteiger partial charge is 0.368 e. The van der Waals surface area contributed by atoms with Gasteiger partial charge in [-0.15, -0.1) is 0 Å². The van der Waals surface area contributed by atoms with Crippen LogP contribution in [0.15, 0.2) is 57.9 Å². The Morgan fingerprint density at radius 2 is 1.66 bits per heavy atom. The molecule has 2 N–H and O–H groups in total. The minimum Gasteiger partial charge on any atom is -0.368 e. The van der Waals surface area contributed by atoms with E-state index in [2.05, 4.69) is 25.9 Å². The summed E-state index contributed by atoms with van der Waals surface area (Å²) in [6.45, 7) is 16.0. The van der Waals surface area contributed by atoms with Crippen molar-refractivity contribution in [2.75, 3.05) is 10.8 Å². The van der Waals surface area contributed by atoms with Crippen LogP contribution in [-0.2, 0) is 26.2 Å². The maximum atomic E-state index is 14.3. The van der Waals surface area contributed by atoms with E-state index in [0.717, 1.165) is 18.4 Å². The topological polar surface area (TPSA) is 127 Å². The van der Waals surface area contributed by atoms with Gasteiger partial charge in [0.15, 0.2) is 5.82 Å². The van der Waals surface area contributed by atoms with E-state index < -0.39 is 22.0 Å². The van der Waals surface area contributed by atoms with Crippen molar-refractivity contribution in [1.29, 1.82) is 0 Å². The van der Waals surface area contributed by atoms with Crippen molar-refractivity contribution in [2.24, 2.45) is 17.1 Å². The second kappa shape index (κ2) is 14.4. The van der Waals surface area contributed by atoms with E-state index in [4.69, 9.17) is 10.3 Å². The van der Waals surface area contributed by atoms with Gasteiger partial charge >= 0.3 is 0 Å². The van der Waals surface area contributed by atoms with Crippen LogP contribution >= 0.6 is 0 Å². The molecule has 9 nitrogen and oxygen atoms in total. The smallest absolute Gasteiger partial charge is 0.266 e. The van der Waals surface area contributed by atoms with E-state index in [-0.39, 0.29) is 35.2 Å². The standard InChI is InChI=1S/C34H48N4O5S/c1-9-10-15-30(39)37(31(23(2)3)32(35)40)22-26-16-18-27(19-17-26)28-13-11-12-14-29(28)44(41,42)38(21-20-34(6,7)8)33-24(4)25(5)43-36-33/h11-14,16-19,23,31H,9-10,15,20-22H2,1-8H3,(H2,35,40)/t31-/m0/s1. The lowest BCUT2D eigenvalue weighted by atomic mass is 9.92. The summed E-state index contributed by atoms with van der Waals surface area (Å²) in [4.78, 5) is 27.3. The average Bonchev–Trinajstić information content (AvgIpc) is 3.28. The van der Waals surface area contributed by atoms with Crippen LogP contribution < -0.4 is 10.0 Å². The van der Waals surface area contributed by atoms with Crippen molar-refractivity contribution in [3.63, 3.8) is 0 Å². The molecule has 0 aliphatic carbocycles. The minimum atomic E-state index is -4.04. The molecular formula is C34H48N4O5S. The summed E-state index contributed by atoms with van der Waals surface area (Å²) in [6, 6.07) is 13.6. The number of nitrogens with zero attached hydrogens (tertiary/aromatic N) is 3. The fraction of sp³-hybridized carbons (Fsp3) is 0.500. The number of benzene rings is 2. The van der Waals surface area contributed by atoms with Crippen molar-refractivity contribution in [3.05, 3.63) is 65.4 Å². The van der Waals surface area contributed by atoms with Crippen LogP contribution in [0, 0.1) is 25.2 Å². The molecule has 0 saturated heterocycles. The zero-order valence-electron chi connectivity index (χ0n) is 27.4. The molecule has 44 heavy (non-hydrogen) atoms. The highest BCUT2D eigenvalue weighted by molar-refractivity contribution is 7.93. The van der Waals surface area contributed by atoms with E-state index >= 15 is 0 Å². The van der Waals surface area contributed by atoms with Crippen LogP contribution in [0.4, 0.5) is 5.82 Å². The van der Waals surface area contributed by atoms with Crippen molar-refractivity contribution in [3.8, 4) is 11.1 Å². The molecule has 1 aromatic heterocycles. The van der Waals surface area contributed by atoms with Gasteiger partial charge in [-0.1, -0.05) is 95.6 Å². The molecule has 0 aliphatic rings. The third-order valence-corrected chi connectivity index (χ3v) is 9.68. The normalized spacial score (nSPS) is 12.8. The molecule has 240 valence electrons. The van der Waals surface area contributed by atoms with Crippen molar-refractivity contribution < 1.29 is 22.5 Å². The Labute approximate surface area is 262 Å². The second-order valence-electron chi connectivity index (χ2n) is 13.0. The van der Waals surface area contributed by atoms with Crippen LogP contribution in [0.2, 0.25) is 0 Å². The lowest BCUT2D eigenvalue weighted by molar-refractivity contribution is -0.141. The van der Waals surface area contributed by atoms with E-state index in [0.29, 0.717) is 41.1 Å². The van der Waals surface area contributed by atoms with Crippen LogP contribution in [0.25, 0.3) is 11.1 Å². The molecular weight excluding hydrogens is 576 g/mol. The molecule has 3 aromatic rings. The van der Waals surface area contributed by atoms with Gasteiger partial charge in [0, 0.05) is 30.6 Å². The molecule has 2 amide bonds. The predicted molar refractivity (Wildman–Crippen MR) is 174 cm³/mol. The van der Waals surface area contributed by atoms with Gasteiger partial charge in [-0.05, 0) is 55.2 Å². The number of amides is 2. The molecule has 0 bridgehead atoms. The van der Waals surface area contributed by atoms with Gasteiger partial charge in [0.25, 0.3) is 10.0 Å². The molecule has 1 atom stereocenters. The van der Waals surface area contributed by atoms with E-state index in [1.807, 2.05) is 58.0 Å². The summed E-state index contributed by atoms with van der Waals surface area (Å²) in [5.74, 6) is 0.0672. The quantitative estimate of drug-likeness (QED) is 0.215. The van der Waals surface area contributed by atoms with Gasteiger partial charge in [0.05, 0.1) is 4.90 Å². The zero-order valence-corrected chi connectivity index (χ0v) is 28.2. The summed E-state index contributed by atoms with van der Waals surface area (Å²) in [5.41, 5.74) is 8.37. The third-order valence-electron chi connectivity index (χ3n) is 7.83. The van der Waals surface area contributed by atoms with Gasteiger partial charge in [-0.2, -0.15) is 0 Å².